The van der Waals surface area contributed by atoms with E-state index in [1.165, 1.54) is 24.8 Å². The Morgan fingerprint density at radius 2 is 1.65 bits per heavy atom. The molecule has 0 amide bonds. The van der Waals surface area contributed by atoms with E-state index < -0.39 is 0 Å². The summed E-state index contributed by atoms with van der Waals surface area (Å²) in [6.07, 6.45) is 9.21. The average molecular weight is 356 g/mol. The predicted molar refractivity (Wildman–Crippen MR) is 104 cm³/mol. The highest BCUT2D eigenvalue weighted by atomic mass is 16.5. The molecule has 0 aromatic heterocycles. The largest absolute Gasteiger partial charge is 0.462 e. The SMILES string of the molecule is CC(C)N1[C@@H]2CC[C@H]1CC(OC(=O)C1CCCCC1c1ccccc1)C2. The van der Waals surface area contributed by atoms with Gasteiger partial charge < -0.3 is 4.74 Å². The van der Waals surface area contributed by atoms with Gasteiger partial charge in [0.2, 0.25) is 0 Å². The zero-order chi connectivity index (χ0) is 18.1. The number of carbonyl (C=O) groups excluding carboxylic acids is 1. The Kier molecular flexibility index (Phi) is 5.35. The molecule has 3 aliphatic rings. The van der Waals surface area contributed by atoms with Crippen LogP contribution in [0.1, 0.15) is 76.7 Å². The molecule has 0 spiro atoms. The topological polar surface area (TPSA) is 29.5 Å². The Hall–Kier alpha value is -1.35. The van der Waals surface area contributed by atoms with E-state index in [2.05, 4.69) is 49.1 Å². The highest BCUT2D eigenvalue weighted by Gasteiger charge is 2.44. The summed E-state index contributed by atoms with van der Waals surface area (Å²) in [5.41, 5.74) is 1.31. The third-order valence-electron chi connectivity index (χ3n) is 6.92. The van der Waals surface area contributed by atoms with Crippen LogP contribution in [0.5, 0.6) is 0 Å². The minimum atomic E-state index is 0.0481. The first-order valence-corrected chi connectivity index (χ1v) is 10.7. The molecule has 1 aromatic carbocycles. The Morgan fingerprint density at radius 3 is 2.31 bits per heavy atom. The summed E-state index contributed by atoms with van der Waals surface area (Å²) < 4.78 is 6.13. The number of nitrogens with zero attached hydrogens (tertiary/aromatic N) is 1. The summed E-state index contributed by atoms with van der Waals surface area (Å²) in [6.45, 7) is 4.59. The van der Waals surface area contributed by atoms with Crippen LogP contribution in [-0.2, 0) is 9.53 Å². The molecule has 3 fully saturated rings. The summed E-state index contributed by atoms with van der Waals surface area (Å²) in [6, 6.07) is 12.4. The number of hydrogen-bond donors (Lipinski definition) is 0. The number of benzene rings is 1. The fourth-order valence-corrected chi connectivity index (χ4v) is 5.87. The van der Waals surface area contributed by atoms with E-state index in [9.17, 15) is 4.79 Å². The van der Waals surface area contributed by atoms with Gasteiger partial charge in [-0.25, -0.2) is 0 Å². The smallest absolute Gasteiger partial charge is 0.309 e. The third kappa shape index (κ3) is 3.55. The number of hydrogen-bond acceptors (Lipinski definition) is 3. The van der Waals surface area contributed by atoms with Crippen molar-refractivity contribution in [2.24, 2.45) is 5.92 Å². The summed E-state index contributed by atoms with van der Waals surface area (Å²) in [4.78, 5) is 15.7. The van der Waals surface area contributed by atoms with Crippen molar-refractivity contribution < 1.29 is 9.53 Å². The summed E-state index contributed by atoms with van der Waals surface area (Å²) in [7, 11) is 0. The number of fused-ring (bicyclic) bond motifs is 2. The van der Waals surface area contributed by atoms with Crippen LogP contribution in [0, 0.1) is 5.92 Å². The van der Waals surface area contributed by atoms with E-state index in [1.807, 2.05) is 0 Å². The van der Waals surface area contributed by atoms with Gasteiger partial charge in [0, 0.05) is 31.0 Å². The Balaban J connectivity index is 1.41. The summed E-state index contributed by atoms with van der Waals surface area (Å²) >= 11 is 0. The summed E-state index contributed by atoms with van der Waals surface area (Å²) in [5.74, 6) is 0.456. The lowest BCUT2D eigenvalue weighted by Gasteiger charge is -2.41. The van der Waals surface area contributed by atoms with E-state index in [4.69, 9.17) is 4.74 Å². The lowest BCUT2D eigenvalue weighted by molar-refractivity contribution is -0.160. The van der Waals surface area contributed by atoms with Crippen LogP contribution in [0.15, 0.2) is 30.3 Å². The molecule has 3 nitrogen and oxygen atoms in total. The third-order valence-corrected chi connectivity index (χ3v) is 6.92. The minimum Gasteiger partial charge on any atom is -0.462 e. The van der Waals surface area contributed by atoms with Gasteiger partial charge in [-0.2, -0.15) is 0 Å². The Bertz CT molecular complexity index is 600. The summed E-state index contributed by atoms with van der Waals surface area (Å²) in [5, 5.41) is 0. The second kappa shape index (κ2) is 7.72. The fourth-order valence-electron chi connectivity index (χ4n) is 5.87. The van der Waals surface area contributed by atoms with E-state index in [0.29, 0.717) is 24.0 Å². The number of rotatable bonds is 4. The van der Waals surface area contributed by atoms with Gasteiger partial charge in [-0.15, -0.1) is 0 Å². The fraction of sp³-hybridized carbons (Fsp3) is 0.696. The molecule has 3 heteroatoms. The van der Waals surface area contributed by atoms with Crippen molar-refractivity contribution in [1.82, 2.24) is 4.90 Å². The molecule has 142 valence electrons. The molecule has 0 radical (unpaired) electrons. The normalized spacial score (nSPS) is 34.8. The molecule has 2 heterocycles. The highest BCUT2D eigenvalue weighted by Crippen LogP contribution is 2.41. The molecular formula is C23H33NO2. The molecule has 4 rings (SSSR count). The van der Waals surface area contributed by atoms with Crippen LogP contribution >= 0.6 is 0 Å². The van der Waals surface area contributed by atoms with E-state index in [1.54, 1.807) is 0 Å². The monoisotopic (exact) mass is 355 g/mol. The first kappa shape index (κ1) is 18.0. The molecule has 2 aliphatic heterocycles. The first-order valence-electron chi connectivity index (χ1n) is 10.7. The van der Waals surface area contributed by atoms with Crippen LogP contribution in [-0.4, -0.2) is 35.1 Å². The van der Waals surface area contributed by atoms with Gasteiger partial charge >= 0.3 is 5.97 Å². The second-order valence-electron chi connectivity index (χ2n) is 8.86. The van der Waals surface area contributed by atoms with Crippen molar-refractivity contribution in [3.8, 4) is 0 Å². The van der Waals surface area contributed by atoms with Gasteiger partial charge in [-0.1, -0.05) is 43.2 Å². The average Bonchev–Trinajstić information content (AvgIpc) is 2.94. The first-order chi connectivity index (χ1) is 12.6. The van der Waals surface area contributed by atoms with Gasteiger partial charge in [-0.05, 0) is 51.0 Å². The van der Waals surface area contributed by atoms with Gasteiger partial charge in [0.1, 0.15) is 6.10 Å². The minimum absolute atomic E-state index is 0.0481. The van der Waals surface area contributed by atoms with Crippen molar-refractivity contribution in [3.05, 3.63) is 35.9 Å². The van der Waals surface area contributed by atoms with Gasteiger partial charge in [0.05, 0.1) is 5.92 Å². The van der Waals surface area contributed by atoms with Crippen LogP contribution in [0.2, 0.25) is 0 Å². The molecule has 1 saturated carbocycles. The van der Waals surface area contributed by atoms with E-state index in [0.717, 1.165) is 32.1 Å². The van der Waals surface area contributed by atoms with E-state index >= 15 is 0 Å². The number of ether oxygens (including phenoxy) is 1. The van der Waals surface area contributed by atoms with Crippen LogP contribution < -0.4 is 0 Å². The second-order valence-corrected chi connectivity index (χ2v) is 8.86. The molecule has 1 aliphatic carbocycles. The lowest BCUT2D eigenvalue weighted by Crippen LogP contribution is -2.49. The van der Waals surface area contributed by atoms with Gasteiger partial charge in [-0.3, -0.25) is 9.69 Å². The van der Waals surface area contributed by atoms with Crippen LogP contribution in [0.25, 0.3) is 0 Å². The van der Waals surface area contributed by atoms with Crippen LogP contribution in [0.4, 0.5) is 0 Å². The predicted octanol–water partition coefficient (Wildman–Crippen LogP) is 4.91. The maximum absolute atomic E-state index is 13.1. The Labute approximate surface area is 158 Å². The lowest BCUT2D eigenvalue weighted by atomic mass is 9.75. The van der Waals surface area contributed by atoms with Crippen molar-refractivity contribution in [2.45, 2.75) is 95.4 Å². The quantitative estimate of drug-likeness (QED) is 0.719. The maximum Gasteiger partial charge on any atom is 0.309 e. The van der Waals surface area contributed by atoms with Crippen molar-refractivity contribution in [1.29, 1.82) is 0 Å². The number of carbonyl (C=O) groups is 1. The zero-order valence-corrected chi connectivity index (χ0v) is 16.3. The van der Waals surface area contributed by atoms with E-state index in [-0.39, 0.29) is 18.0 Å². The standard InChI is InChI=1S/C23H33NO2/c1-16(2)24-18-12-13-19(24)15-20(14-18)26-23(25)22-11-7-6-10-21(22)17-8-4-3-5-9-17/h3-5,8-9,16,18-22H,6-7,10-15H2,1-2H3/t18-,19+,20?,21?,22?. The molecular weight excluding hydrogens is 322 g/mol. The molecule has 2 saturated heterocycles. The molecule has 26 heavy (non-hydrogen) atoms. The van der Waals surface area contributed by atoms with Gasteiger partial charge in [0.25, 0.3) is 0 Å². The molecule has 0 N–H and O–H groups in total. The van der Waals surface area contributed by atoms with Crippen molar-refractivity contribution in [3.63, 3.8) is 0 Å². The number of esters is 1. The molecule has 5 atom stereocenters. The van der Waals surface area contributed by atoms with Crippen LogP contribution in [0.3, 0.4) is 0 Å². The molecule has 3 unspecified atom stereocenters. The van der Waals surface area contributed by atoms with Crippen molar-refractivity contribution >= 4 is 5.97 Å². The highest BCUT2D eigenvalue weighted by molar-refractivity contribution is 5.74. The molecule has 1 aromatic rings. The zero-order valence-electron chi connectivity index (χ0n) is 16.3. The van der Waals surface area contributed by atoms with Gasteiger partial charge in [0.15, 0.2) is 0 Å². The molecule has 2 bridgehead atoms. The maximum atomic E-state index is 13.1. The van der Waals surface area contributed by atoms with Crippen molar-refractivity contribution in [2.75, 3.05) is 0 Å². The Morgan fingerprint density at radius 1 is 1.00 bits per heavy atom. The number of piperidine rings is 1.